The zero-order valence-corrected chi connectivity index (χ0v) is 21.1. The van der Waals surface area contributed by atoms with Gasteiger partial charge in [0.15, 0.2) is 0 Å². The monoisotopic (exact) mass is 510 g/mol. The summed E-state index contributed by atoms with van der Waals surface area (Å²) in [6, 6.07) is 11.4. The highest BCUT2D eigenvalue weighted by atomic mass is 35.5. The summed E-state index contributed by atoms with van der Waals surface area (Å²) >= 11 is 12.8. The van der Waals surface area contributed by atoms with Crippen LogP contribution in [0.1, 0.15) is 31.9 Å². The molecule has 0 unspecified atom stereocenters. The number of aryl methyl sites for hydroxylation is 1. The van der Waals surface area contributed by atoms with Crippen molar-refractivity contribution in [3.63, 3.8) is 0 Å². The maximum absolute atomic E-state index is 13.0. The summed E-state index contributed by atoms with van der Waals surface area (Å²) in [6.45, 7) is 4.95. The van der Waals surface area contributed by atoms with Crippen molar-refractivity contribution in [3.8, 4) is 28.4 Å². The van der Waals surface area contributed by atoms with Gasteiger partial charge in [0.05, 0.1) is 42.1 Å². The Kier molecular flexibility index (Phi) is 6.25. The van der Waals surface area contributed by atoms with Gasteiger partial charge >= 0.3 is 0 Å². The zero-order chi connectivity index (χ0) is 24.7. The smallest absolute Gasteiger partial charge is 0.230 e. The summed E-state index contributed by atoms with van der Waals surface area (Å²) in [4.78, 5) is 19.1. The second kappa shape index (κ2) is 9.36. The average molecular weight is 511 g/mol. The van der Waals surface area contributed by atoms with E-state index in [1.807, 2.05) is 47.5 Å². The summed E-state index contributed by atoms with van der Waals surface area (Å²) in [5.41, 5.74) is 3.78. The number of hydrogen-bond acceptors (Lipinski definition) is 5. The Morgan fingerprint density at radius 3 is 2.71 bits per heavy atom. The van der Waals surface area contributed by atoms with Gasteiger partial charge in [0.1, 0.15) is 23.0 Å². The first kappa shape index (κ1) is 23.4. The Hall–Kier alpha value is -3.36. The molecule has 0 aliphatic carbocycles. The molecule has 10 heteroatoms. The number of rotatable bonds is 6. The fourth-order valence-corrected chi connectivity index (χ4v) is 4.76. The van der Waals surface area contributed by atoms with Gasteiger partial charge in [-0.25, -0.2) is 4.68 Å². The van der Waals surface area contributed by atoms with Crippen LogP contribution in [0.25, 0.3) is 22.6 Å². The maximum atomic E-state index is 13.0. The van der Waals surface area contributed by atoms with E-state index in [4.69, 9.17) is 33.0 Å². The van der Waals surface area contributed by atoms with Crippen LogP contribution in [-0.4, -0.2) is 37.6 Å². The van der Waals surface area contributed by atoms with Crippen molar-refractivity contribution in [2.45, 2.75) is 39.4 Å². The second-order valence-corrected chi connectivity index (χ2v) is 9.40. The van der Waals surface area contributed by atoms with E-state index in [9.17, 15) is 4.79 Å². The van der Waals surface area contributed by atoms with Gasteiger partial charge in [-0.1, -0.05) is 29.3 Å². The molecule has 1 aliphatic heterocycles. The molecule has 0 saturated carbocycles. The summed E-state index contributed by atoms with van der Waals surface area (Å²) < 4.78 is 9.33. The van der Waals surface area contributed by atoms with Crippen LogP contribution in [-0.2, 0) is 17.9 Å². The summed E-state index contributed by atoms with van der Waals surface area (Å²) in [5, 5.41) is 10.2. The first-order valence-electron chi connectivity index (χ1n) is 11.3. The van der Waals surface area contributed by atoms with Crippen LogP contribution in [0.2, 0.25) is 10.0 Å². The number of amides is 1. The molecular formula is C25H24Cl2N6O2. The zero-order valence-electron chi connectivity index (χ0n) is 19.6. The molecule has 0 spiro atoms. The molecule has 8 nitrogen and oxygen atoms in total. The minimum atomic E-state index is 0.0308. The van der Waals surface area contributed by atoms with Gasteiger partial charge in [-0.3, -0.25) is 19.4 Å². The number of carbonyl (C=O) groups excluding carboxylic acids is 1. The van der Waals surface area contributed by atoms with Crippen molar-refractivity contribution in [2.75, 3.05) is 12.0 Å². The van der Waals surface area contributed by atoms with Crippen molar-refractivity contribution in [2.24, 2.45) is 0 Å². The molecule has 1 amide bonds. The van der Waals surface area contributed by atoms with E-state index in [2.05, 4.69) is 10.1 Å². The number of hydrogen-bond donors (Lipinski definition) is 0. The molecule has 0 saturated heterocycles. The van der Waals surface area contributed by atoms with Gasteiger partial charge < -0.3 is 4.74 Å². The number of halogens is 2. The van der Waals surface area contributed by atoms with E-state index in [0.717, 1.165) is 22.6 Å². The second-order valence-electron chi connectivity index (χ2n) is 8.59. The van der Waals surface area contributed by atoms with Crippen molar-refractivity contribution in [1.82, 2.24) is 24.5 Å². The first-order valence-corrected chi connectivity index (χ1v) is 12.0. The number of ether oxygens (including phenoxy) is 1. The number of pyridine rings is 1. The number of methoxy groups -OCH3 is 1. The van der Waals surface area contributed by atoms with E-state index < -0.39 is 0 Å². The van der Waals surface area contributed by atoms with Crippen LogP contribution >= 0.6 is 23.2 Å². The highest BCUT2D eigenvalue weighted by Crippen LogP contribution is 2.36. The molecule has 35 heavy (non-hydrogen) atoms. The molecule has 4 aromatic rings. The number of carbonyl (C=O) groups is 1. The number of anilines is 1. The van der Waals surface area contributed by atoms with E-state index in [1.54, 1.807) is 36.5 Å². The summed E-state index contributed by atoms with van der Waals surface area (Å²) in [6.07, 6.45) is 3.68. The lowest BCUT2D eigenvalue weighted by Crippen LogP contribution is -2.36. The van der Waals surface area contributed by atoms with Crippen molar-refractivity contribution < 1.29 is 9.53 Å². The number of aromatic nitrogens is 5. The topological polar surface area (TPSA) is 78.1 Å². The van der Waals surface area contributed by atoms with Crippen LogP contribution in [0.15, 0.2) is 48.8 Å². The minimum Gasteiger partial charge on any atom is -0.496 e. The molecular weight excluding hydrogens is 487 g/mol. The quantitative estimate of drug-likeness (QED) is 0.335. The molecule has 0 N–H and O–H groups in total. The van der Waals surface area contributed by atoms with Gasteiger partial charge in [-0.05, 0) is 43.7 Å². The fourth-order valence-electron chi connectivity index (χ4n) is 4.31. The molecule has 0 radical (unpaired) electrons. The third-order valence-corrected chi connectivity index (χ3v) is 6.56. The van der Waals surface area contributed by atoms with Crippen molar-refractivity contribution in [1.29, 1.82) is 0 Å². The Balaban J connectivity index is 1.49. The highest BCUT2D eigenvalue weighted by molar-refractivity contribution is 6.33. The standard InChI is InChI=1S/C25H24Cl2N6O2/c1-15(2)33-25(19(27)13-29-33)20-12-22-31(23(34)8-10-32(22)30-20)14-16-6-7-17(21(11-16)35-3)24-18(26)5-4-9-28-24/h4-7,9,11-13,15H,8,10,14H2,1-3H3. The Morgan fingerprint density at radius 2 is 1.97 bits per heavy atom. The number of benzene rings is 1. The van der Waals surface area contributed by atoms with Crippen LogP contribution in [0.4, 0.5) is 5.82 Å². The number of fused-ring (bicyclic) bond motifs is 1. The molecule has 3 aromatic heterocycles. The van der Waals surface area contributed by atoms with E-state index in [-0.39, 0.29) is 11.9 Å². The Morgan fingerprint density at radius 1 is 1.14 bits per heavy atom. The van der Waals surface area contributed by atoms with E-state index in [0.29, 0.717) is 46.7 Å². The maximum Gasteiger partial charge on any atom is 0.230 e. The predicted octanol–water partition coefficient (Wildman–Crippen LogP) is 5.64. The van der Waals surface area contributed by atoms with Crippen molar-refractivity contribution >= 4 is 34.9 Å². The van der Waals surface area contributed by atoms with Gasteiger partial charge in [0.25, 0.3) is 0 Å². The SMILES string of the molecule is COc1cc(CN2C(=O)CCn3nc(-c4c(Cl)cnn4C(C)C)cc32)ccc1-c1ncccc1Cl. The molecule has 1 aromatic carbocycles. The molecule has 4 heterocycles. The number of nitrogens with zero attached hydrogens (tertiary/aromatic N) is 6. The van der Waals surface area contributed by atoms with Crippen LogP contribution in [0, 0.1) is 0 Å². The Labute approximate surface area is 213 Å². The third kappa shape index (κ3) is 4.28. The molecule has 0 fully saturated rings. The highest BCUT2D eigenvalue weighted by Gasteiger charge is 2.28. The summed E-state index contributed by atoms with van der Waals surface area (Å²) in [5.74, 6) is 1.39. The molecule has 5 rings (SSSR count). The fraction of sp³-hybridized carbons (Fsp3) is 0.280. The van der Waals surface area contributed by atoms with Crippen LogP contribution in [0.5, 0.6) is 5.75 Å². The van der Waals surface area contributed by atoms with Gasteiger partial charge in [0.2, 0.25) is 5.91 Å². The first-order chi connectivity index (χ1) is 16.9. The van der Waals surface area contributed by atoms with Crippen molar-refractivity contribution in [3.05, 3.63) is 64.4 Å². The average Bonchev–Trinajstić information content (AvgIpc) is 3.44. The lowest BCUT2D eigenvalue weighted by molar-refractivity contribution is -0.119. The minimum absolute atomic E-state index is 0.0308. The van der Waals surface area contributed by atoms with E-state index in [1.165, 1.54) is 0 Å². The van der Waals surface area contributed by atoms with Gasteiger partial charge in [-0.2, -0.15) is 10.2 Å². The molecule has 1 aliphatic rings. The molecule has 0 atom stereocenters. The normalized spacial score (nSPS) is 13.4. The lowest BCUT2D eigenvalue weighted by Gasteiger charge is -2.27. The van der Waals surface area contributed by atoms with E-state index >= 15 is 0 Å². The largest absolute Gasteiger partial charge is 0.496 e. The van der Waals surface area contributed by atoms with Crippen LogP contribution < -0.4 is 9.64 Å². The lowest BCUT2D eigenvalue weighted by atomic mass is 10.1. The Bertz CT molecular complexity index is 1410. The third-order valence-electron chi connectivity index (χ3n) is 5.98. The molecule has 180 valence electrons. The molecule has 0 bridgehead atoms. The summed E-state index contributed by atoms with van der Waals surface area (Å²) in [7, 11) is 1.61. The van der Waals surface area contributed by atoms with Gasteiger partial charge in [-0.15, -0.1) is 0 Å². The predicted molar refractivity (Wildman–Crippen MR) is 136 cm³/mol. The van der Waals surface area contributed by atoms with Gasteiger partial charge in [0, 0.05) is 30.3 Å². The van der Waals surface area contributed by atoms with Crippen LogP contribution in [0.3, 0.4) is 0 Å².